The summed E-state index contributed by atoms with van der Waals surface area (Å²) in [6.07, 6.45) is 3.83. The minimum atomic E-state index is -1.20. The summed E-state index contributed by atoms with van der Waals surface area (Å²) < 4.78 is 1.39. The van der Waals surface area contributed by atoms with Gasteiger partial charge in [0.25, 0.3) is 5.91 Å². The average Bonchev–Trinajstić information content (AvgIpc) is 3.17. The molecule has 1 aromatic carbocycles. The lowest BCUT2D eigenvalue weighted by Crippen LogP contribution is -2.52. The molecule has 0 aliphatic heterocycles. The highest BCUT2D eigenvalue weighted by molar-refractivity contribution is 6.32. The summed E-state index contributed by atoms with van der Waals surface area (Å²) in [5.41, 5.74) is -0.558. The standard InChI is InChI=1S/C15H15ClN4O3/c16-10-5-1-2-6-12(10)20-9-11(18-19-20)13(21)17-15(14(22)23)7-3-4-8-15/h1-2,5-6,9H,3-4,7-8H2,(H,17,21)(H,22,23). The normalized spacial score (nSPS) is 16.2. The number of hydrogen-bond acceptors (Lipinski definition) is 4. The maximum absolute atomic E-state index is 12.3. The number of aliphatic carboxylic acids is 1. The lowest BCUT2D eigenvalue weighted by Gasteiger charge is -2.24. The summed E-state index contributed by atoms with van der Waals surface area (Å²) >= 11 is 6.08. The van der Waals surface area contributed by atoms with Crippen LogP contribution in [0.1, 0.15) is 36.2 Å². The maximum Gasteiger partial charge on any atom is 0.329 e. The molecule has 0 spiro atoms. The number of halogens is 1. The van der Waals surface area contributed by atoms with E-state index < -0.39 is 17.4 Å². The van der Waals surface area contributed by atoms with Gasteiger partial charge >= 0.3 is 5.97 Å². The van der Waals surface area contributed by atoms with E-state index in [1.54, 1.807) is 24.3 Å². The van der Waals surface area contributed by atoms with Gasteiger partial charge in [-0.2, -0.15) is 0 Å². The third-order valence-electron chi connectivity index (χ3n) is 4.04. The van der Waals surface area contributed by atoms with Gasteiger partial charge in [-0.3, -0.25) is 4.79 Å². The second-order valence-corrected chi connectivity index (χ2v) is 5.96. The molecule has 1 heterocycles. The molecule has 1 aromatic heterocycles. The topological polar surface area (TPSA) is 97.1 Å². The molecule has 2 N–H and O–H groups in total. The second-order valence-electron chi connectivity index (χ2n) is 5.55. The fourth-order valence-corrected chi connectivity index (χ4v) is 3.00. The zero-order valence-electron chi connectivity index (χ0n) is 12.2. The number of hydrogen-bond donors (Lipinski definition) is 2. The maximum atomic E-state index is 12.3. The van der Waals surface area contributed by atoms with Crippen LogP contribution in [0.2, 0.25) is 5.02 Å². The number of amides is 1. The molecule has 0 radical (unpaired) electrons. The van der Waals surface area contributed by atoms with Crippen molar-refractivity contribution in [2.75, 3.05) is 0 Å². The molecule has 0 saturated heterocycles. The zero-order chi connectivity index (χ0) is 16.4. The van der Waals surface area contributed by atoms with Gasteiger partial charge in [-0.1, -0.05) is 41.8 Å². The Kier molecular flexibility index (Phi) is 4.04. The predicted molar refractivity (Wildman–Crippen MR) is 82.7 cm³/mol. The Bertz CT molecular complexity index is 753. The van der Waals surface area contributed by atoms with Gasteiger partial charge in [0.05, 0.1) is 16.9 Å². The molecule has 8 heteroatoms. The van der Waals surface area contributed by atoms with Crippen molar-refractivity contribution in [1.82, 2.24) is 20.3 Å². The summed E-state index contributed by atoms with van der Waals surface area (Å²) in [6, 6.07) is 7.03. The van der Waals surface area contributed by atoms with Crippen LogP contribution >= 0.6 is 11.6 Å². The first-order valence-corrected chi connectivity index (χ1v) is 7.63. The van der Waals surface area contributed by atoms with Crippen LogP contribution in [-0.4, -0.2) is 37.5 Å². The monoisotopic (exact) mass is 334 g/mol. The molecule has 1 saturated carbocycles. The van der Waals surface area contributed by atoms with Gasteiger partial charge in [0.2, 0.25) is 0 Å². The van der Waals surface area contributed by atoms with Crippen LogP contribution < -0.4 is 5.32 Å². The molecule has 1 amide bonds. The van der Waals surface area contributed by atoms with Crippen LogP contribution in [0.5, 0.6) is 0 Å². The number of nitrogens with one attached hydrogen (secondary N) is 1. The molecule has 3 rings (SSSR count). The first-order chi connectivity index (χ1) is 11.0. The number of benzene rings is 1. The summed E-state index contributed by atoms with van der Waals surface area (Å²) in [6.45, 7) is 0. The Morgan fingerprint density at radius 3 is 2.61 bits per heavy atom. The van der Waals surface area contributed by atoms with E-state index in [2.05, 4.69) is 15.6 Å². The van der Waals surface area contributed by atoms with E-state index in [4.69, 9.17) is 11.6 Å². The van der Waals surface area contributed by atoms with E-state index in [1.165, 1.54) is 10.9 Å². The molecule has 2 aromatic rings. The Balaban J connectivity index is 1.82. The summed E-state index contributed by atoms with van der Waals surface area (Å²) in [5, 5.41) is 20.2. The third-order valence-corrected chi connectivity index (χ3v) is 4.36. The molecule has 1 aliphatic rings. The first kappa shape index (κ1) is 15.5. The SMILES string of the molecule is O=C(NC1(C(=O)O)CCCC1)c1cn(-c2ccccc2Cl)nn1. The number of carboxylic acid groups (broad SMARTS) is 1. The van der Waals surface area contributed by atoms with E-state index in [1.807, 2.05) is 0 Å². The highest BCUT2D eigenvalue weighted by Crippen LogP contribution is 2.30. The Labute approximate surface area is 137 Å². The molecule has 1 fully saturated rings. The van der Waals surface area contributed by atoms with Crippen LogP contribution in [0.3, 0.4) is 0 Å². The highest BCUT2D eigenvalue weighted by atomic mass is 35.5. The van der Waals surface area contributed by atoms with Crippen LogP contribution in [0.4, 0.5) is 0 Å². The van der Waals surface area contributed by atoms with Crippen LogP contribution in [0.25, 0.3) is 5.69 Å². The fraction of sp³-hybridized carbons (Fsp3) is 0.333. The van der Waals surface area contributed by atoms with Crippen LogP contribution in [0.15, 0.2) is 30.5 Å². The number of carbonyl (C=O) groups excluding carboxylic acids is 1. The molecule has 120 valence electrons. The Morgan fingerprint density at radius 1 is 1.26 bits per heavy atom. The number of carboxylic acids is 1. The van der Waals surface area contributed by atoms with Crippen molar-refractivity contribution in [2.24, 2.45) is 0 Å². The molecule has 0 atom stereocenters. The second kappa shape index (κ2) is 6.00. The zero-order valence-corrected chi connectivity index (χ0v) is 13.0. The van der Waals surface area contributed by atoms with Crippen molar-refractivity contribution >= 4 is 23.5 Å². The molecular formula is C15H15ClN4O3. The van der Waals surface area contributed by atoms with Gasteiger partial charge in [-0.25, -0.2) is 9.48 Å². The van der Waals surface area contributed by atoms with Crippen molar-refractivity contribution in [3.8, 4) is 5.69 Å². The summed E-state index contributed by atoms with van der Waals surface area (Å²) in [4.78, 5) is 23.8. The number of carbonyl (C=O) groups is 2. The quantitative estimate of drug-likeness (QED) is 0.891. The van der Waals surface area contributed by atoms with Crippen molar-refractivity contribution in [3.05, 3.63) is 41.2 Å². The predicted octanol–water partition coefficient (Wildman–Crippen LogP) is 2.05. The number of rotatable bonds is 4. The third kappa shape index (κ3) is 2.92. The lowest BCUT2D eigenvalue weighted by molar-refractivity contribution is -0.144. The lowest BCUT2D eigenvalue weighted by atomic mass is 9.98. The van der Waals surface area contributed by atoms with Crippen molar-refractivity contribution < 1.29 is 14.7 Å². The first-order valence-electron chi connectivity index (χ1n) is 7.25. The largest absolute Gasteiger partial charge is 0.480 e. The van der Waals surface area contributed by atoms with Crippen molar-refractivity contribution in [2.45, 2.75) is 31.2 Å². The molecular weight excluding hydrogens is 320 g/mol. The van der Waals surface area contributed by atoms with Gasteiger partial charge < -0.3 is 10.4 Å². The van der Waals surface area contributed by atoms with Gasteiger partial charge in [0.15, 0.2) is 5.69 Å². The van der Waals surface area contributed by atoms with E-state index in [0.29, 0.717) is 23.6 Å². The Morgan fingerprint density at radius 2 is 1.96 bits per heavy atom. The smallest absolute Gasteiger partial charge is 0.329 e. The van der Waals surface area contributed by atoms with Gasteiger partial charge in [0, 0.05) is 0 Å². The highest BCUT2D eigenvalue weighted by Gasteiger charge is 2.43. The summed E-state index contributed by atoms with van der Waals surface area (Å²) in [7, 11) is 0. The number of aromatic nitrogens is 3. The minimum absolute atomic E-state index is 0.0532. The van der Waals surface area contributed by atoms with E-state index in [-0.39, 0.29) is 5.69 Å². The summed E-state index contributed by atoms with van der Waals surface area (Å²) in [5.74, 6) is -1.56. The van der Waals surface area contributed by atoms with Crippen molar-refractivity contribution in [1.29, 1.82) is 0 Å². The van der Waals surface area contributed by atoms with E-state index in [9.17, 15) is 14.7 Å². The molecule has 23 heavy (non-hydrogen) atoms. The molecule has 0 unspecified atom stereocenters. The van der Waals surface area contributed by atoms with Gasteiger partial charge in [-0.05, 0) is 25.0 Å². The Hall–Kier alpha value is -2.41. The minimum Gasteiger partial charge on any atom is -0.480 e. The average molecular weight is 335 g/mol. The molecule has 1 aliphatic carbocycles. The van der Waals surface area contributed by atoms with E-state index in [0.717, 1.165) is 12.8 Å². The van der Waals surface area contributed by atoms with E-state index >= 15 is 0 Å². The number of nitrogens with zero attached hydrogens (tertiary/aromatic N) is 3. The fourth-order valence-electron chi connectivity index (χ4n) is 2.78. The molecule has 0 bridgehead atoms. The van der Waals surface area contributed by atoms with Gasteiger partial charge in [-0.15, -0.1) is 5.10 Å². The van der Waals surface area contributed by atoms with Gasteiger partial charge in [0.1, 0.15) is 5.54 Å². The van der Waals surface area contributed by atoms with Crippen LogP contribution in [-0.2, 0) is 4.79 Å². The van der Waals surface area contributed by atoms with Crippen molar-refractivity contribution in [3.63, 3.8) is 0 Å². The number of para-hydroxylation sites is 1. The molecule has 7 nitrogen and oxygen atoms in total. The van der Waals surface area contributed by atoms with Crippen LogP contribution in [0, 0.1) is 0 Å².